The van der Waals surface area contributed by atoms with Crippen LogP contribution in [0.3, 0.4) is 0 Å². The van der Waals surface area contributed by atoms with Gasteiger partial charge in [0.2, 0.25) is 11.9 Å². The molecule has 12 nitrogen and oxygen atoms in total. The van der Waals surface area contributed by atoms with Gasteiger partial charge >= 0.3 is 11.9 Å². The summed E-state index contributed by atoms with van der Waals surface area (Å²) in [6, 6.07) is 9.84. The van der Waals surface area contributed by atoms with E-state index in [0.717, 1.165) is 0 Å². The van der Waals surface area contributed by atoms with Gasteiger partial charge in [0, 0.05) is 22.7 Å². The van der Waals surface area contributed by atoms with Crippen molar-refractivity contribution in [2.45, 2.75) is 13.8 Å². The summed E-state index contributed by atoms with van der Waals surface area (Å²) in [7, 11) is 0. The molecule has 40 heavy (non-hydrogen) atoms. The van der Waals surface area contributed by atoms with Gasteiger partial charge in [-0.05, 0) is 50.2 Å². The van der Waals surface area contributed by atoms with Crippen molar-refractivity contribution < 1.29 is 19.1 Å². The topological polar surface area (TPSA) is 152 Å². The highest BCUT2D eigenvalue weighted by molar-refractivity contribution is 6.33. The number of fused-ring (bicyclic) bond motifs is 8. The molecule has 8 bridgehead atoms. The maximum absolute atomic E-state index is 12.6. The van der Waals surface area contributed by atoms with Gasteiger partial charge in [0.25, 0.3) is 0 Å². The monoisotopic (exact) mass is 580 g/mol. The van der Waals surface area contributed by atoms with E-state index in [9.17, 15) is 9.59 Å². The minimum atomic E-state index is -0.519. The molecule has 3 heterocycles. The molecule has 5 rings (SSSR count). The summed E-state index contributed by atoms with van der Waals surface area (Å²) in [5.74, 6) is -0.127. The molecule has 0 radical (unpaired) electrons. The SMILES string of the molecule is CCOC(=O)c1cc2cc(c1)Nc1nc(ncc1Cl)Nc1cc(cc(C(=O)OCC)c1)Nc1nc(ncc1Cl)N2. The number of halogens is 2. The number of anilines is 8. The number of benzene rings is 2. The quantitative estimate of drug-likeness (QED) is 0.178. The Kier molecular flexibility index (Phi) is 7.80. The van der Waals surface area contributed by atoms with Crippen LogP contribution < -0.4 is 21.3 Å². The summed E-state index contributed by atoms with van der Waals surface area (Å²) in [6.07, 6.45) is 2.84. The van der Waals surface area contributed by atoms with Gasteiger partial charge in [-0.25, -0.2) is 19.6 Å². The number of carbonyl (C=O) groups is 2. The van der Waals surface area contributed by atoms with Crippen LogP contribution in [0.4, 0.5) is 46.3 Å². The van der Waals surface area contributed by atoms with Gasteiger partial charge < -0.3 is 30.7 Å². The Morgan fingerprint density at radius 3 is 1.40 bits per heavy atom. The number of hydrogen-bond acceptors (Lipinski definition) is 12. The van der Waals surface area contributed by atoms with Crippen LogP contribution in [0.1, 0.15) is 34.6 Å². The highest BCUT2D eigenvalue weighted by Gasteiger charge is 2.16. The average molecular weight is 581 g/mol. The molecule has 0 saturated carbocycles. The summed E-state index contributed by atoms with van der Waals surface area (Å²) in [4.78, 5) is 42.7. The maximum atomic E-state index is 12.6. The fraction of sp³-hybridized carbons (Fsp3) is 0.154. The average Bonchev–Trinajstić information content (AvgIpc) is 2.92. The minimum absolute atomic E-state index is 0.188. The van der Waals surface area contributed by atoms with Crippen molar-refractivity contribution in [1.29, 1.82) is 0 Å². The van der Waals surface area contributed by atoms with Crippen LogP contribution >= 0.6 is 23.2 Å². The summed E-state index contributed by atoms with van der Waals surface area (Å²) < 4.78 is 10.4. The summed E-state index contributed by atoms with van der Waals surface area (Å²) >= 11 is 12.8. The lowest BCUT2D eigenvalue weighted by atomic mass is 10.1. The standard InChI is InChI=1S/C26H22Cl2N8O4/c1-3-39-23(37)13-5-15-9-17(7-13)33-25-29-12-20(28)22(36-25)32-16-6-14(24(38)40-4-2)8-18(10-16)34-26-30-11-19(27)21(31-15)35-26/h5-12H,3-4H2,1-2H3,(H2,30,31,34,35)(H2,29,32,33,36). The fourth-order valence-corrected chi connectivity index (χ4v) is 4.05. The second kappa shape index (κ2) is 11.6. The van der Waals surface area contributed by atoms with Crippen LogP contribution in [-0.4, -0.2) is 45.1 Å². The van der Waals surface area contributed by atoms with Crippen LogP contribution in [0, 0.1) is 0 Å². The predicted molar refractivity (Wildman–Crippen MR) is 152 cm³/mol. The zero-order chi connectivity index (χ0) is 28.2. The van der Waals surface area contributed by atoms with E-state index in [0.29, 0.717) is 22.7 Å². The molecule has 2 aromatic heterocycles. The van der Waals surface area contributed by atoms with Crippen molar-refractivity contribution in [1.82, 2.24) is 19.9 Å². The van der Waals surface area contributed by atoms with Gasteiger partial charge in [0.15, 0.2) is 11.6 Å². The first-order valence-electron chi connectivity index (χ1n) is 12.1. The Morgan fingerprint density at radius 2 is 1.02 bits per heavy atom. The lowest BCUT2D eigenvalue weighted by molar-refractivity contribution is 0.0517. The minimum Gasteiger partial charge on any atom is -0.462 e. The number of rotatable bonds is 4. The van der Waals surface area contributed by atoms with Gasteiger partial charge in [-0.2, -0.15) is 9.97 Å². The lowest BCUT2D eigenvalue weighted by Crippen LogP contribution is -2.09. The molecule has 14 heteroatoms. The van der Waals surface area contributed by atoms with Crippen LogP contribution in [0.2, 0.25) is 10.0 Å². The third-order valence-electron chi connectivity index (χ3n) is 5.41. The van der Waals surface area contributed by atoms with Crippen molar-refractivity contribution in [3.63, 3.8) is 0 Å². The molecule has 0 unspecified atom stereocenters. The van der Waals surface area contributed by atoms with E-state index in [1.54, 1.807) is 50.2 Å². The molecule has 0 fully saturated rings. The van der Waals surface area contributed by atoms with Crippen molar-refractivity contribution >= 4 is 81.4 Å². The predicted octanol–water partition coefficient (Wildman–Crippen LogP) is 6.21. The molecule has 2 aromatic carbocycles. The van der Waals surface area contributed by atoms with E-state index < -0.39 is 11.9 Å². The van der Waals surface area contributed by atoms with Crippen molar-refractivity contribution in [3.05, 3.63) is 70.0 Å². The number of aromatic nitrogens is 4. The number of carbonyl (C=O) groups excluding carboxylic acids is 2. The number of nitrogens with zero attached hydrogens (tertiary/aromatic N) is 4. The Morgan fingerprint density at radius 1 is 0.650 bits per heavy atom. The number of ether oxygens (including phenoxy) is 2. The zero-order valence-corrected chi connectivity index (χ0v) is 22.7. The second-order valence-corrected chi connectivity index (χ2v) is 9.13. The van der Waals surface area contributed by atoms with Gasteiger partial charge in [-0.15, -0.1) is 0 Å². The molecular weight excluding hydrogens is 559 g/mol. The Hall–Kier alpha value is -4.68. The number of hydrogen-bond donors (Lipinski definition) is 4. The molecule has 0 atom stereocenters. The van der Waals surface area contributed by atoms with E-state index in [1.807, 2.05) is 0 Å². The van der Waals surface area contributed by atoms with Crippen LogP contribution in [-0.2, 0) is 9.47 Å². The molecule has 0 spiro atoms. The summed E-state index contributed by atoms with van der Waals surface area (Å²) in [5, 5.41) is 12.9. The first-order valence-corrected chi connectivity index (χ1v) is 12.8. The summed E-state index contributed by atoms with van der Waals surface area (Å²) in [6.45, 7) is 3.86. The number of nitrogens with one attached hydrogen (secondary N) is 4. The van der Waals surface area contributed by atoms with Gasteiger partial charge in [0.05, 0.1) is 36.7 Å². The van der Waals surface area contributed by atoms with E-state index >= 15 is 0 Å². The third kappa shape index (κ3) is 6.14. The van der Waals surface area contributed by atoms with Crippen molar-refractivity contribution in [2.24, 2.45) is 0 Å². The Labute approximate surface area is 238 Å². The third-order valence-corrected chi connectivity index (χ3v) is 5.97. The fourth-order valence-electron chi connectivity index (χ4n) is 3.77. The van der Waals surface area contributed by atoms with E-state index in [1.165, 1.54) is 12.4 Å². The molecule has 4 N–H and O–H groups in total. The smallest absolute Gasteiger partial charge is 0.338 e. The van der Waals surface area contributed by atoms with Crippen LogP contribution in [0.25, 0.3) is 0 Å². The number of esters is 2. The first-order chi connectivity index (χ1) is 19.3. The molecule has 1 aliphatic rings. The Balaban J connectivity index is 1.66. The van der Waals surface area contributed by atoms with Crippen molar-refractivity contribution in [3.8, 4) is 0 Å². The molecular formula is C26H22Cl2N8O4. The van der Waals surface area contributed by atoms with Crippen molar-refractivity contribution in [2.75, 3.05) is 34.5 Å². The van der Waals surface area contributed by atoms with Crippen LogP contribution in [0.5, 0.6) is 0 Å². The molecule has 0 saturated heterocycles. The first kappa shape index (κ1) is 26.9. The molecule has 0 amide bonds. The van der Waals surface area contributed by atoms with E-state index in [-0.39, 0.29) is 57.9 Å². The largest absolute Gasteiger partial charge is 0.462 e. The van der Waals surface area contributed by atoms with E-state index in [2.05, 4.69) is 41.2 Å². The maximum Gasteiger partial charge on any atom is 0.338 e. The molecule has 4 aromatic rings. The lowest BCUT2D eigenvalue weighted by Gasteiger charge is -2.16. The summed E-state index contributed by atoms with van der Waals surface area (Å²) in [5.41, 5.74) is 2.45. The highest BCUT2D eigenvalue weighted by Crippen LogP contribution is 2.32. The Bertz CT molecular complexity index is 1500. The van der Waals surface area contributed by atoms with Gasteiger partial charge in [0.1, 0.15) is 10.0 Å². The van der Waals surface area contributed by atoms with Gasteiger partial charge in [-0.1, -0.05) is 23.2 Å². The molecule has 1 aliphatic heterocycles. The zero-order valence-electron chi connectivity index (χ0n) is 21.2. The highest BCUT2D eigenvalue weighted by atomic mass is 35.5. The molecule has 204 valence electrons. The van der Waals surface area contributed by atoms with Crippen LogP contribution in [0.15, 0.2) is 48.8 Å². The van der Waals surface area contributed by atoms with E-state index in [4.69, 9.17) is 32.7 Å². The molecule has 0 aliphatic carbocycles. The van der Waals surface area contributed by atoms with Gasteiger partial charge in [-0.3, -0.25) is 0 Å². The second-order valence-electron chi connectivity index (χ2n) is 8.32. The normalized spacial score (nSPS) is 11.7.